The van der Waals surface area contributed by atoms with Crippen LogP contribution in [0.15, 0.2) is 0 Å². The zero-order valence-electron chi connectivity index (χ0n) is 10.8. The second kappa shape index (κ2) is 5.64. The fourth-order valence-corrected chi connectivity index (χ4v) is 2.01. The Kier molecular flexibility index (Phi) is 4.74. The van der Waals surface area contributed by atoms with Gasteiger partial charge in [0.15, 0.2) is 0 Å². The van der Waals surface area contributed by atoms with Gasteiger partial charge >= 0.3 is 0 Å². The zero-order valence-corrected chi connectivity index (χ0v) is 10.8. The van der Waals surface area contributed by atoms with Gasteiger partial charge in [-0.25, -0.2) is 0 Å². The molecular formula is C12H25N3O. The summed E-state index contributed by atoms with van der Waals surface area (Å²) in [4.78, 5) is 14.1. The van der Waals surface area contributed by atoms with Gasteiger partial charge in [-0.1, -0.05) is 19.3 Å². The number of nitrogens with two attached hydrogens (primary N) is 1. The number of amides is 1. The van der Waals surface area contributed by atoms with Crippen LogP contribution in [-0.2, 0) is 4.79 Å². The van der Waals surface area contributed by atoms with Crippen LogP contribution in [0.1, 0.15) is 39.0 Å². The highest BCUT2D eigenvalue weighted by atomic mass is 16.2. The van der Waals surface area contributed by atoms with Crippen molar-refractivity contribution in [3.63, 3.8) is 0 Å². The molecular weight excluding hydrogens is 202 g/mol. The average Bonchev–Trinajstić information content (AvgIpc) is 2.26. The minimum Gasteiger partial charge on any atom is -0.353 e. The molecule has 94 valence electrons. The summed E-state index contributed by atoms with van der Waals surface area (Å²) in [5.41, 5.74) is 5.53. The van der Waals surface area contributed by atoms with Crippen molar-refractivity contribution in [2.75, 3.05) is 20.6 Å². The van der Waals surface area contributed by atoms with E-state index in [-0.39, 0.29) is 5.91 Å². The van der Waals surface area contributed by atoms with Crippen LogP contribution >= 0.6 is 0 Å². The van der Waals surface area contributed by atoms with Gasteiger partial charge in [0.2, 0.25) is 5.91 Å². The molecule has 1 aliphatic carbocycles. The Morgan fingerprint density at radius 2 is 1.94 bits per heavy atom. The molecule has 4 nitrogen and oxygen atoms in total. The molecule has 1 saturated carbocycles. The summed E-state index contributed by atoms with van der Waals surface area (Å²) in [6, 6.07) is 0.344. The van der Waals surface area contributed by atoms with E-state index < -0.39 is 5.54 Å². The predicted molar refractivity (Wildman–Crippen MR) is 66.2 cm³/mol. The van der Waals surface area contributed by atoms with E-state index in [0.717, 1.165) is 25.7 Å². The Labute approximate surface area is 98.6 Å². The number of carbonyl (C=O) groups is 1. The fraction of sp³-hybridized carbons (Fsp3) is 0.917. The fourth-order valence-electron chi connectivity index (χ4n) is 2.01. The largest absolute Gasteiger partial charge is 0.353 e. The lowest BCUT2D eigenvalue weighted by molar-refractivity contribution is -0.127. The second-order valence-corrected chi connectivity index (χ2v) is 5.24. The van der Waals surface area contributed by atoms with Crippen molar-refractivity contribution < 1.29 is 4.79 Å². The highest BCUT2D eigenvalue weighted by molar-refractivity contribution is 5.86. The molecule has 0 aromatic carbocycles. The summed E-state index contributed by atoms with van der Waals surface area (Å²) in [6.45, 7) is 2.76. The summed E-state index contributed by atoms with van der Waals surface area (Å²) in [7, 11) is 4.02. The van der Waals surface area contributed by atoms with Crippen molar-refractivity contribution in [1.82, 2.24) is 10.2 Å². The third-order valence-electron chi connectivity index (χ3n) is 3.64. The summed E-state index contributed by atoms with van der Waals surface area (Å²) in [5, 5.41) is 2.97. The van der Waals surface area contributed by atoms with Crippen LogP contribution in [0.4, 0.5) is 0 Å². The third kappa shape index (κ3) is 3.46. The lowest BCUT2D eigenvalue weighted by Gasteiger charge is -2.32. The van der Waals surface area contributed by atoms with E-state index in [9.17, 15) is 4.79 Å². The maximum Gasteiger partial charge on any atom is 0.240 e. The molecule has 0 bridgehead atoms. The number of hydrogen-bond donors (Lipinski definition) is 2. The van der Waals surface area contributed by atoms with E-state index in [1.165, 1.54) is 6.42 Å². The quantitative estimate of drug-likeness (QED) is 0.744. The molecule has 16 heavy (non-hydrogen) atoms. The first kappa shape index (κ1) is 13.5. The number of rotatable bonds is 4. The van der Waals surface area contributed by atoms with Gasteiger partial charge < -0.3 is 16.0 Å². The lowest BCUT2D eigenvalue weighted by atomic mass is 9.82. The molecule has 1 rings (SSSR count). The van der Waals surface area contributed by atoms with E-state index in [0.29, 0.717) is 12.6 Å². The van der Waals surface area contributed by atoms with Crippen LogP contribution in [-0.4, -0.2) is 43.0 Å². The first-order chi connectivity index (χ1) is 7.46. The number of nitrogens with one attached hydrogen (secondary N) is 1. The summed E-state index contributed by atoms with van der Waals surface area (Å²) >= 11 is 0. The number of carbonyl (C=O) groups excluding carboxylic acids is 1. The highest BCUT2D eigenvalue weighted by Gasteiger charge is 2.35. The minimum absolute atomic E-state index is 0.0286. The van der Waals surface area contributed by atoms with Gasteiger partial charge in [-0.05, 0) is 33.9 Å². The van der Waals surface area contributed by atoms with E-state index in [1.807, 2.05) is 14.1 Å². The molecule has 0 aliphatic heterocycles. The summed E-state index contributed by atoms with van der Waals surface area (Å²) in [5.74, 6) is 0.0286. The van der Waals surface area contributed by atoms with Crippen LogP contribution in [0.25, 0.3) is 0 Å². The van der Waals surface area contributed by atoms with Gasteiger partial charge in [-0.2, -0.15) is 0 Å². The molecule has 3 N–H and O–H groups in total. The first-order valence-corrected chi connectivity index (χ1v) is 6.19. The average molecular weight is 227 g/mol. The SMILES string of the molecule is CC(CNC(=O)C1(N)CCCCC1)N(C)C. The van der Waals surface area contributed by atoms with Gasteiger partial charge in [0.05, 0.1) is 5.54 Å². The molecule has 0 radical (unpaired) electrons. The molecule has 0 spiro atoms. The van der Waals surface area contributed by atoms with Crippen LogP contribution in [0.3, 0.4) is 0 Å². The highest BCUT2D eigenvalue weighted by Crippen LogP contribution is 2.25. The van der Waals surface area contributed by atoms with Crippen molar-refractivity contribution in [1.29, 1.82) is 0 Å². The molecule has 0 heterocycles. The Hall–Kier alpha value is -0.610. The van der Waals surface area contributed by atoms with Gasteiger partial charge in [-0.3, -0.25) is 4.79 Å². The van der Waals surface area contributed by atoms with Crippen LogP contribution in [0.2, 0.25) is 0 Å². The van der Waals surface area contributed by atoms with Gasteiger partial charge in [0.1, 0.15) is 0 Å². The molecule has 1 unspecified atom stereocenters. The third-order valence-corrected chi connectivity index (χ3v) is 3.64. The Morgan fingerprint density at radius 3 is 2.44 bits per heavy atom. The molecule has 0 aromatic rings. The Balaban J connectivity index is 2.39. The van der Waals surface area contributed by atoms with Crippen molar-refractivity contribution >= 4 is 5.91 Å². The molecule has 1 atom stereocenters. The normalized spacial score (nSPS) is 21.8. The van der Waals surface area contributed by atoms with Crippen molar-refractivity contribution in [3.8, 4) is 0 Å². The monoisotopic (exact) mass is 227 g/mol. The molecule has 4 heteroatoms. The molecule has 1 aliphatic rings. The van der Waals surface area contributed by atoms with Crippen LogP contribution in [0, 0.1) is 0 Å². The first-order valence-electron chi connectivity index (χ1n) is 6.19. The van der Waals surface area contributed by atoms with E-state index in [4.69, 9.17) is 5.73 Å². The van der Waals surface area contributed by atoms with Crippen molar-refractivity contribution in [2.45, 2.75) is 50.6 Å². The smallest absolute Gasteiger partial charge is 0.240 e. The van der Waals surface area contributed by atoms with Crippen LogP contribution in [0.5, 0.6) is 0 Å². The Morgan fingerprint density at radius 1 is 1.38 bits per heavy atom. The Bertz CT molecular complexity index is 234. The molecule has 0 aromatic heterocycles. The zero-order chi connectivity index (χ0) is 12.2. The minimum atomic E-state index is -0.607. The topological polar surface area (TPSA) is 58.4 Å². The molecule has 0 saturated heterocycles. The van der Waals surface area contributed by atoms with Gasteiger partial charge in [-0.15, -0.1) is 0 Å². The van der Waals surface area contributed by atoms with Gasteiger partial charge in [0, 0.05) is 12.6 Å². The molecule has 1 amide bonds. The molecule has 1 fully saturated rings. The predicted octanol–water partition coefficient (Wildman–Crippen LogP) is 0.714. The maximum atomic E-state index is 12.0. The number of nitrogens with zero attached hydrogens (tertiary/aromatic N) is 1. The standard InChI is InChI=1S/C12H25N3O/c1-10(15(2)3)9-14-11(16)12(13)7-5-4-6-8-12/h10H,4-9,13H2,1-3H3,(H,14,16). The maximum absolute atomic E-state index is 12.0. The van der Waals surface area contributed by atoms with E-state index in [1.54, 1.807) is 0 Å². The second-order valence-electron chi connectivity index (χ2n) is 5.24. The number of hydrogen-bond acceptors (Lipinski definition) is 3. The summed E-state index contributed by atoms with van der Waals surface area (Å²) in [6.07, 6.45) is 5.02. The lowest BCUT2D eigenvalue weighted by Crippen LogP contribution is -2.56. The number of likely N-dealkylation sites (N-methyl/N-ethyl adjacent to an activating group) is 1. The van der Waals surface area contributed by atoms with Crippen LogP contribution < -0.4 is 11.1 Å². The summed E-state index contributed by atoms with van der Waals surface area (Å²) < 4.78 is 0. The van der Waals surface area contributed by atoms with E-state index >= 15 is 0 Å². The van der Waals surface area contributed by atoms with E-state index in [2.05, 4.69) is 17.1 Å². The van der Waals surface area contributed by atoms with Gasteiger partial charge in [0.25, 0.3) is 0 Å². The van der Waals surface area contributed by atoms with Crippen molar-refractivity contribution in [3.05, 3.63) is 0 Å². The van der Waals surface area contributed by atoms with Crippen molar-refractivity contribution in [2.24, 2.45) is 5.73 Å².